The summed E-state index contributed by atoms with van der Waals surface area (Å²) in [4.78, 5) is 0. The molecule has 0 saturated carbocycles. The van der Waals surface area contributed by atoms with E-state index in [9.17, 15) is 0 Å². The van der Waals surface area contributed by atoms with Crippen LogP contribution >= 0.6 is 0 Å². The van der Waals surface area contributed by atoms with Crippen molar-refractivity contribution in [2.24, 2.45) is 0 Å². The predicted molar refractivity (Wildman–Crippen MR) is 140 cm³/mol. The van der Waals surface area contributed by atoms with Gasteiger partial charge in [0.05, 0.1) is 17.8 Å². The third-order valence-electron chi connectivity index (χ3n) is 5.80. The van der Waals surface area contributed by atoms with E-state index in [1.54, 1.807) is 30.3 Å². The molecule has 7 rings (SSSR count). The number of furan rings is 1. The topological polar surface area (TPSA) is 13.1 Å². The van der Waals surface area contributed by atoms with Crippen molar-refractivity contribution >= 4 is 43.5 Å². The molecule has 0 spiro atoms. The fourth-order valence-electron chi connectivity index (χ4n) is 4.46. The first-order valence-corrected chi connectivity index (χ1v) is 10.2. The van der Waals surface area contributed by atoms with Crippen LogP contribution in [-0.4, -0.2) is 0 Å². The molecule has 0 N–H and O–H groups in total. The third-order valence-corrected chi connectivity index (χ3v) is 5.80. The second-order valence-electron chi connectivity index (χ2n) is 7.53. The van der Waals surface area contributed by atoms with Gasteiger partial charge in [0.2, 0.25) is 0 Å². The third kappa shape index (κ3) is 2.66. The van der Waals surface area contributed by atoms with Gasteiger partial charge in [-0.2, -0.15) is 0 Å². The van der Waals surface area contributed by atoms with E-state index in [1.807, 2.05) is 12.1 Å². The van der Waals surface area contributed by atoms with Gasteiger partial charge in [-0.3, -0.25) is 0 Å². The van der Waals surface area contributed by atoms with E-state index in [1.165, 1.54) is 0 Å². The lowest BCUT2D eigenvalue weighted by Crippen LogP contribution is -1.90. The maximum atomic E-state index is 9.10. The van der Waals surface area contributed by atoms with Crippen molar-refractivity contribution in [3.05, 3.63) is 121 Å². The van der Waals surface area contributed by atoms with E-state index in [0.29, 0.717) is 16.6 Å². The number of benzene rings is 6. The van der Waals surface area contributed by atoms with Crippen molar-refractivity contribution in [1.82, 2.24) is 0 Å². The van der Waals surface area contributed by atoms with E-state index in [0.717, 1.165) is 5.39 Å². The summed E-state index contributed by atoms with van der Waals surface area (Å²) in [5.74, 6) is 0. The van der Waals surface area contributed by atoms with E-state index in [-0.39, 0.29) is 38.2 Å². The Morgan fingerprint density at radius 2 is 1.06 bits per heavy atom. The Kier molecular flexibility index (Phi) is 2.07. The summed E-state index contributed by atoms with van der Waals surface area (Å²) < 4.78 is 119. The molecule has 0 aliphatic carbocycles. The summed E-state index contributed by atoms with van der Waals surface area (Å²) in [6.07, 6.45) is 0. The molecular weight excluding hydrogens is 400 g/mol. The van der Waals surface area contributed by atoms with Crippen LogP contribution in [0.25, 0.3) is 65.7 Å². The predicted octanol–water partition coefficient (Wildman–Crippen LogP) is 9.23. The Morgan fingerprint density at radius 1 is 0.485 bits per heavy atom. The van der Waals surface area contributed by atoms with Gasteiger partial charge in [0, 0.05) is 21.9 Å². The molecule has 0 amide bonds. The largest absolute Gasteiger partial charge is 0.455 e. The second kappa shape index (κ2) is 7.08. The zero-order valence-corrected chi connectivity index (χ0v) is 16.9. The summed E-state index contributed by atoms with van der Waals surface area (Å²) in [6.45, 7) is 0. The lowest BCUT2D eigenvalue weighted by molar-refractivity contribution is 0.670. The highest BCUT2D eigenvalue weighted by molar-refractivity contribution is 6.24. The molecule has 0 aliphatic heterocycles. The van der Waals surface area contributed by atoms with Gasteiger partial charge in [-0.25, -0.2) is 0 Å². The van der Waals surface area contributed by atoms with E-state index >= 15 is 0 Å². The maximum Gasteiger partial charge on any atom is 0.143 e. The van der Waals surface area contributed by atoms with Crippen LogP contribution in [-0.2, 0) is 0 Å². The molecule has 0 bridgehead atoms. The molecule has 1 aromatic heterocycles. The summed E-state index contributed by atoms with van der Waals surface area (Å²) in [6, 6.07) is 3.99. The molecule has 0 aliphatic rings. The van der Waals surface area contributed by atoms with E-state index in [4.69, 9.17) is 22.2 Å². The fourth-order valence-corrected chi connectivity index (χ4v) is 4.46. The van der Waals surface area contributed by atoms with Crippen LogP contribution in [0.5, 0.6) is 0 Å². The van der Waals surface area contributed by atoms with Crippen LogP contribution < -0.4 is 0 Å². The van der Waals surface area contributed by atoms with Crippen LogP contribution in [0.1, 0.15) is 17.8 Å². The fraction of sp³-hybridized carbons (Fsp3) is 0. The number of hydrogen-bond acceptors (Lipinski definition) is 1. The lowest BCUT2D eigenvalue weighted by Gasteiger charge is -2.17. The van der Waals surface area contributed by atoms with Crippen LogP contribution in [0.15, 0.2) is 125 Å². The van der Waals surface area contributed by atoms with Crippen LogP contribution in [0.4, 0.5) is 0 Å². The average molecular weight is 434 g/mol. The van der Waals surface area contributed by atoms with Gasteiger partial charge in [0.15, 0.2) is 0 Å². The van der Waals surface area contributed by atoms with Crippen molar-refractivity contribution in [3.63, 3.8) is 0 Å². The van der Waals surface area contributed by atoms with Crippen molar-refractivity contribution in [2.45, 2.75) is 0 Å². The van der Waals surface area contributed by atoms with Gasteiger partial charge in [-0.05, 0) is 38.7 Å². The van der Waals surface area contributed by atoms with E-state index < -0.39 is 84.1 Å². The van der Waals surface area contributed by atoms with Gasteiger partial charge in [0.25, 0.3) is 0 Å². The molecule has 154 valence electrons. The van der Waals surface area contributed by atoms with Crippen molar-refractivity contribution in [1.29, 1.82) is 0 Å². The Bertz CT molecular complexity index is 2410. The highest BCUT2D eigenvalue weighted by Gasteiger charge is 2.19. The molecule has 0 atom stereocenters. The van der Waals surface area contributed by atoms with Crippen molar-refractivity contribution in [3.8, 4) is 22.3 Å². The molecule has 0 unspecified atom stereocenters. The summed E-state index contributed by atoms with van der Waals surface area (Å²) >= 11 is 0. The Morgan fingerprint density at radius 3 is 1.76 bits per heavy atom. The van der Waals surface area contributed by atoms with Crippen LogP contribution in [0.2, 0.25) is 0 Å². The smallest absolute Gasteiger partial charge is 0.143 e. The van der Waals surface area contributed by atoms with Gasteiger partial charge in [-0.1, -0.05) is 115 Å². The SMILES string of the molecule is [2H]c1c([2H])c([2H])c(-c2c3c([2H])c([2H])c([2H])c([2H])c3c(-c3cccc4c3oc3ccccc34)c3c([2H])c([2H])c([2H])c([2H])c23)c([2H])c1[2H]. The van der Waals surface area contributed by atoms with Gasteiger partial charge < -0.3 is 4.42 Å². The van der Waals surface area contributed by atoms with Crippen molar-refractivity contribution in [2.75, 3.05) is 0 Å². The molecule has 0 saturated heterocycles. The Labute approximate surface area is 209 Å². The summed E-state index contributed by atoms with van der Waals surface area (Å²) in [5, 5.41) is 0.588. The molecule has 1 heteroatoms. The molecule has 6 aromatic carbocycles. The average Bonchev–Trinajstić information content (AvgIpc) is 3.44. The Balaban J connectivity index is 1.89. The Hall–Kier alpha value is -4.36. The van der Waals surface area contributed by atoms with Crippen LogP contribution in [0.3, 0.4) is 0 Å². The second-order valence-corrected chi connectivity index (χ2v) is 7.53. The molecule has 1 heterocycles. The minimum absolute atomic E-state index is 0.0322. The molecule has 7 aromatic rings. The molecule has 33 heavy (non-hydrogen) atoms. The number of hydrogen-bond donors (Lipinski definition) is 0. The first-order valence-electron chi connectivity index (χ1n) is 16.7. The molecule has 1 nitrogen and oxygen atoms in total. The molecule has 0 radical (unpaired) electrons. The molecule has 0 fully saturated rings. The van der Waals surface area contributed by atoms with Gasteiger partial charge in [-0.15, -0.1) is 0 Å². The minimum atomic E-state index is -0.713. The van der Waals surface area contributed by atoms with Gasteiger partial charge >= 0.3 is 0 Å². The normalized spacial score (nSPS) is 17.2. The van der Waals surface area contributed by atoms with Gasteiger partial charge in [0.1, 0.15) is 11.2 Å². The summed E-state index contributed by atoms with van der Waals surface area (Å²) in [5.41, 5.74) is 0.377. The maximum absolute atomic E-state index is 9.10. The quantitative estimate of drug-likeness (QED) is 0.248. The number of fused-ring (bicyclic) bond motifs is 5. The molecular formula is C32H20O. The monoisotopic (exact) mass is 433 g/mol. The highest BCUT2D eigenvalue weighted by atomic mass is 16.3. The zero-order valence-electron chi connectivity index (χ0n) is 29.9. The standard InChI is InChI=1S/C32H20O/c1-2-11-21(12-3-1)30-23-14-4-6-16-25(23)31(26-17-7-5-15-24(26)30)28-19-10-18-27-22-13-8-9-20-29(22)33-32(27)28/h1-20H/i1D,2D,3D,4D,5D,6D,7D,11D,12D,14D,15D,16D,17D. The van der Waals surface area contributed by atoms with E-state index in [2.05, 4.69) is 0 Å². The number of rotatable bonds is 2. The first kappa shape index (κ1) is 9.64. The number of para-hydroxylation sites is 2. The summed E-state index contributed by atoms with van der Waals surface area (Å²) in [7, 11) is 0. The zero-order chi connectivity index (χ0) is 33.1. The highest BCUT2D eigenvalue weighted by Crippen LogP contribution is 2.46. The lowest BCUT2D eigenvalue weighted by atomic mass is 9.85. The van der Waals surface area contributed by atoms with Crippen LogP contribution in [0, 0.1) is 0 Å². The first-order chi connectivity index (χ1) is 21.8. The van der Waals surface area contributed by atoms with Crippen molar-refractivity contribution < 1.29 is 22.2 Å². The minimum Gasteiger partial charge on any atom is -0.455 e.